The third-order valence-electron chi connectivity index (χ3n) is 5.34. The minimum Gasteiger partial charge on any atom is -0.356 e. The molecule has 1 aliphatic rings. The highest BCUT2D eigenvalue weighted by Crippen LogP contribution is 2.29. The molecule has 1 saturated heterocycles. The minimum atomic E-state index is -4.39. The summed E-state index contributed by atoms with van der Waals surface area (Å²) in [6.45, 7) is 3.85. The van der Waals surface area contributed by atoms with E-state index in [0.29, 0.717) is 22.9 Å². The first-order valence-corrected chi connectivity index (χ1v) is 10.7. The Morgan fingerprint density at radius 2 is 1.61 bits per heavy atom. The zero-order valence-electron chi connectivity index (χ0n) is 18.1. The molecule has 2 heterocycles. The molecule has 1 fully saturated rings. The van der Waals surface area contributed by atoms with Crippen LogP contribution >= 0.6 is 0 Å². The molecule has 0 bridgehead atoms. The smallest absolute Gasteiger partial charge is 0.356 e. The van der Waals surface area contributed by atoms with Crippen LogP contribution in [0.3, 0.4) is 0 Å². The number of alkyl halides is 3. The molecule has 0 saturated carbocycles. The van der Waals surface area contributed by atoms with Crippen LogP contribution in [0.1, 0.15) is 29.8 Å². The van der Waals surface area contributed by atoms with Crippen molar-refractivity contribution in [2.75, 3.05) is 28.6 Å². The number of aromatic nitrogens is 2. The Morgan fingerprint density at radius 3 is 2.24 bits per heavy atom. The second-order valence-electron chi connectivity index (χ2n) is 7.97. The summed E-state index contributed by atoms with van der Waals surface area (Å²) in [4.78, 5) is 23.5. The third-order valence-corrected chi connectivity index (χ3v) is 5.34. The maximum Gasteiger partial charge on any atom is 0.416 e. The molecular weight excluding hydrogens is 431 g/mol. The van der Waals surface area contributed by atoms with Crippen LogP contribution in [0, 0.1) is 6.92 Å². The Kier molecular flexibility index (Phi) is 6.48. The molecule has 6 nitrogen and oxygen atoms in total. The number of anilines is 4. The molecule has 0 radical (unpaired) electrons. The van der Waals surface area contributed by atoms with Gasteiger partial charge in [0.2, 0.25) is 5.91 Å². The predicted octanol–water partition coefficient (Wildman–Crippen LogP) is 5.33. The fraction of sp³-hybridized carbons (Fsp3) is 0.292. The Balaban J connectivity index is 1.35. The van der Waals surface area contributed by atoms with Crippen LogP contribution < -0.4 is 15.5 Å². The van der Waals surface area contributed by atoms with Crippen molar-refractivity contribution < 1.29 is 18.0 Å². The van der Waals surface area contributed by atoms with Crippen molar-refractivity contribution in [3.05, 3.63) is 71.5 Å². The number of rotatable bonds is 6. The highest BCUT2D eigenvalue weighted by atomic mass is 19.4. The Morgan fingerprint density at radius 1 is 0.970 bits per heavy atom. The number of hydrogen-bond acceptors (Lipinski definition) is 5. The van der Waals surface area contributed by atoms with E-state index in [0.717, 1.165) is 49.6 Å². The lowest BCUT2D eigenvalue weighted by molar-refractivity contribution is -0.137. The third kappa shape index (κ3) is 6.00. The van der Waals surface area contributed by atoms with Gasteiger partial charge in [0.25, 0.3) is 0 Å². The molecule has 0 spiro atoms. The SMILES string of the molecule is Cc1nc(Nc2ccc(NC(=O)Cc3ccc(C(F)(F)F)cc3)cc2)cc(N2CCCC2)n1. The lowest BCUT2D eigenvalue weighted by atomic mass is 10.1. The number of carbonyl (C=O) groups excluding carboxylic acids is 1. The zero-order chi connectivity index (χ0) is 23.4. The van der Waals surface area contributed by atoms with Gasteiger partial charge >= 0.3 is 6.18 Å². The van der Waals surface area contributed by atoms with E-state index in [4.69, 9.17) is 0 Å². The standard InChI is InChI=1S/C24H24F3N5O/c1-16-28-21(15-22(29-16)32-12-2-3-13-32)30-19-8-10-20(11-9-19)31-23(33)14-17-4-6-18(7-5-17)24(25,26)27/h4-11,15H,2-3,12-14H2,1H3,(H,31,33)(H,28,29,30). The van der Waals surface area contributed by atoms with Gasteiger partial charge in [0.1, 0.15) is 17.5 Å². The molecule has 9 heteroatoms. The largest absolute Gasteiger partial charge is 0.416 e. The minimum absolute atomic E-state index is 0.0162. The molecule has 3 aromatic rings. The van der Waals surface area contributed by atoms with Crippen LogP contribution in [0.4, 0.5) is 36.2 Å². The Bertz CT molecular complexity index is 1110. The summed E-state index contributed by atoms with van der Waals surface area (Å²) >= 11 is 0. The first-order chi connectivity index (χ1) is 15.8. The molecule has 0 unspecified atom stereocenters. The Labute approximate surface area is 189 Å². The second kappa shape index (κ2) is 9.48. The van der Waals surface area contributed by atoms with Gasteiger partial charge in [-0.25, -0.2) is 9.97 Å². The van der Waals surface area contributed by atoms with Gasteiger partial charge in [-0.2, -0.15) is 13.2 Å². The number of carbonyl (C=O) groups is 1. The van der Waals surface area contributed by atoms with Crippen molar-refractivity contribution in [3.63, 3.8) is 0 Å². The van der Waals surface area contributed by atoms with Gasteiger partial charge in [0, 0.05) is 30.5 Å². The average molecular weight is 455 g/mol. The van der Waals surface area contributed by atoms with Gasteiger partial charge in [0.05, 0.1) is 12.0 Å². The molecule has 172 valence electrons. The summed E-state index contributed by atoms with van der Waals surface area (Å²) in [7, 11) is 0. The predicted molar refractivity (Wildman–Crippen MR) is 122 cm³/mol. The van der Waals surface area contributed by atoms with E-state index in [2.05, 4.69) is 25.5 Å². The molecule has 2 N–H and O–H groups in total. The van der Waals surface area contributed by atoms with E-state index in [1.165, 1.54) is 12.1 Å². The van der Waals surface area contributed by atoms with Gasteiger partial charge in [-0.3, -0.25) is 4.79 Å². The first-order valence-electron chi connectivity index (χ1n) is 10.7. The highest BCUT2D eigenvalue weighted by molar-refractivity contribution is 5.92. The topological polar surface area (TPSA) is 70.2 Å². The summed E-state index contributed by atoms with van der Waals surface area (Å²) in [6, 6.07) is 13.7. The van der Waals surface area contributed by atoms with Crippen LogP contribution in [0.2, 0.25) is 0 Å². The quantitative estimate of drug-likeness (QED) is 0.526. The molecule has 4 rings (SSSR count). The molecule has 0 atom stereocenters. The van der Waals surface area contributed by atoms with E-state index < -0.39 is 11.7 Å². The molecule has 1 aliphatic heterocycles. The second-order valence-corrected chi connectivity index (χ2v) is 7.97. The van der Waals surface area contributed by atoms with Crippen molar-refractivity contribution in [1.29, 1.82) is 0 Å². The van der Waals surface area contributed by atoms with Gasteiger partial charge in [-0.15, -0.1) is 0 Å². The average Bonchev–Trinajstić information content (AvgIpc) is 3.29. The van der Waals surface area contributed by atoms with Crippen molar-refractivity contribution >= 4 is 28.9 Å². The maximum atomic E-state index is 12.7. The highest BCUT2D eigenvalue weighted by Gasteiger charge is 2.30. The lowest BCUT2D eigenvalue weighted by Gasteiger charge is -2.18. The number of aryl methyl sites for hydroxylation is 1. The molecule has 33 heavy (non-hydrogen) atoms. The number of benzene rings is 2. The van der Waals surface area contributed by atoms with E-state index in [9.17, 15) is 18.0 Å². The van der Waals surface area contributed by atoms with Crippen molar-refractivity contribution in [3.8, 4) is 0 Å². The molecule has 0 aliphatic carbocycles. The van der Waals surface area contributed by atoms with E-state index in [1.54, 1.807) is 12.1 Å². The van der Waals surface area contributed by atoms with Crippen LogP contribution in [0.5, 0.6) is 0 Å². The van der Waals surface area contributed by atoms with E-state index >= 15 is 0 Å². The van der Waals surface area contributed by atoms with Crippen molar-refractivity contribution in [1.82, 2.24) is 9.97 Å². The van der Waals surface area contributed by atoms with Crippen LogP contribution in [0.25, 0.3) is 0 Å². The van der Waals surface area contributed by atoms with Crippen molar-refractivity contribution in [2.24, 2.45) is 0 Å². The molecule has 2 aromatic carbocycles. The van der Waals surface area contributed by atoms with Gasteiger partial charge in [0.15, 0.2) is 0 Å². The summed E-state index contributed by atoms with van der Waals surface area (Å²) in [5.41, 5.74) is 1.17. The summed E-state index contributed by atoms with van der Waals surface area (Å²) in [5, 5.41) is 6.02. The number of nitrogens with zero attached hydrogens (tertiary/aromatic N) is 3. The number of halogens is 3. The van der Waals surface area contributed by atoms with E-state index in [-0.39, 0.29) is 12.3 Å². The fourth-order valence-electron chi connectivity index (χ4n) is 3.71. The molecular formula is C24H24F3N5O. The summed E-state index contributed by atoms with van der Waals surface area (Å²) < 4.78 is 38.0. The van der Waals surface area contributed by atoms with Crippen LogP contribution in [-0.4, -0.2) is 29.0 Å². The van der Waals surface area contributed by atoms with Gasteiger partial charge < -0.3 is 15.5 Å². The van der Waals surface area contributed by atoms with Crippen molar-refractivity contribution in [2.45, 2.75) is 32.4 Å². The van der Waals surface area contributed by atoms with E-state index in [1.807, 2.05) is 25.1 Å². The maximum absolute atomic E-state index is 12.7. The summed E-state index contributed by atoms with van der Waals surface area (Å²) in [6.07, 6.45) is -2.08. The first kappa shape index (κ1) is 22.6. The lowest BCUT2D eigenvalue weighted by Crippen LogP contribution is -2.19. The van der Waals surface area contributed by atoms with Gasteiger partial charge in [-0.05, 0) is 61.7 Å². The fourth-order valence-corrected chi connectivity index (χ4v) is 3.71. The molecule has 1 amide bonds. The number of nitrogens with one attached hydrogen (secondary N) is 2. The van der Waals surface area contributed by atoms with Crippen LogP contribution in [-0.2, 0) is 17.4 Å². The monoisotopic (exact) mass is 455 g/mol. The van der Waals surface area contributed by atoms with Gasteiger partial charge in [-0.1, -0.05) is 12.1 Å². The summed E-state index contributed by atoms with van der Waals surface area (Å²) in [5.74, 6) is 1.99. The molecule has 1 aromatic heterocycles. The van der Waals surface area contributed by atoms with Crippen LogP contribution in [0.15, 0.2) is 54.6 Å². The zero-order valence-corrected chi connectivity index (χ0v) is 18.1. The number of amides is 1. The normalized spacial score (nSPS) is 13.8. The Hall–Kier alpha value is -3.62. The number of hydrogen-bond donors (Lipinski definition) is 2.